The number of rotatable bonds is 7. The Balaban J connectivity index is 1.63. The fraction of sp³-hybridized carbons (Fsp3) is 0.130. The summed E-state index contributed by atoms with van der Waals surface area (Å²) >= 11 is 1.30. The number of thioether (sulfide) groups is 1. The molecule has 1 N–H and O–H groups in total. The SMILES string of the molecule is COc1ccccc1-n1c(SCC(=O)Nc2cccc(C)c2)nnc1-c1ccccn1. The molecule has 0 aliphatic carbocycles. The highest BCUT2D eigenvalue weighted by Crippen LogP contribution is 2.31. The Labute approximate surface area is 184 Å². The smallest absolute Gasteiger partial charge is 0.234 e. The first kappa shape index (κ1) is 20.6. The highest BCUT2D eigenvalue weighted by atomic mass is 32.2. The molecule has 8 heteroatoms. The number of nitrogens with zero attached hydrogens (tertiary/aromatic N) is 4. The molecule has 0 atom stereocenters. The highest BCUT2D eigenvalue weighted by molar-refractivity contribution is 7.99. The molecule has 4 rings (SSSR count). The fourth-order valence-electron chi connectivity index (χ4n) is 3.11. The normalized spacial score (nSPS) is 10.6. The lowest BCUT2D eigenvalue weighted by atomic mass is 10.2. The number of anilines is 1. The van der Waals surface area contributed by atoms with Crippen LogP contribution in [0.5, 0.6) is 5.75 Å². The quantitative estimate of drug-likeness (QED) is 0.438. The van der Waals surface area contributed by atoms with Gasteiger partial charge >= 0.3 is 0 Å². The van der Waals surface area contributed by atoms with Gasteiger partial charge in [0.15, 0.2) is 11.0 Å². The minimum absolute atomic E-state index is 0.121. The first-order valence-electron chi connectivity index (χ1n) is 9.65. The average molecular weight is 432 g/mol. The van der Waals surface area contributed by atoms with E-state index < -0.39 is 0 Å². The number of nitrogens with one attached hydrogen (secondary N) is 1. The number of carbonyl (C=O) groups is 1. The molecular weight excluding hydrogens is 410 g/mol. The maximum atomic E-state index is 12.5. The molecule has 0 bridgehead atoms. The monoisotopic (exact) mass is 431 g/mol. The van der Waals surface area contributed by atoms with Crippen molar-refractivity contribution in [2.75, 3.05) is 18.2 Å². The maximum absolute atomic E-state index is 12.5. The molecule has 0 saturated carbocycles. The Morgan fingerprint density at radius 1 is 1.06 bits per heavy atom. The molecule has 4 aromatic rings. The van der Waals surface area contributed by atoms with Crippen molar-refractivity contribution >= 4 is 23.4 Å². The van der Waals surface area contributed by atoms with Gasteiger partial charge in [-0.1, -0.05) is 42.1 Å². The number of ether oxygens (including phenoxy) is 1. The molecule has 0 spiro atoms. The van der Waals surface area contributed by atoms with Crippen LogP contribution in [0.1, 0.15) is 5.56 Å². The Kier molecular flexibility index (Phi) is 6.28. The lowest BCUT2D eigenvalue weighted by Crippen LogP contribution is -2.14. The van der Waals surface area contributed by atoms with Gasteiger partial charge in [0.2, 0.25) is 5.91 Å². The van der Waals surface area contributed by atoms with Gasteiger partial charge in [-0.2, -0.15) is 0 Å². The lowest BCUT2D eigenvalue weighted by molar-refractivity contribution is -0.113. The van der Waals surface area contributed by atoms with Crippen molar-refractivity contribution in [1.82, 2.24) is 19.7 Å². The van der Waals surface area contributed by atoms with E-state index in [9.17, 15) is 4.79 Å². The van der Waals surface area contributed by atoms with E-state index in [1.807, 2.05) is 78.2 Å². The number of hydrogen-bond acceptors (Lipinski definition) is 6. The first-order valence-corrected chi connectivity index (χ1v) is 10.6. The molecule has 31 heavy (non-hydrogen) atoms. The number of methoxy groups -OCH3 is 1. The summed E-state index contributed by atoms with van der Waals surface area (Å²) in [5.41, 5.74) is 3.31. The van der Waals surface area contributed by atoms with E-state index in [0.29, 0.717) is 22.4 Å². The molecule has 0 unspecified atom stereocenters. The highest BCUT2D eigenvalue weighted by Gasteiger charge is 2.20. The molecule has 0 aliphatic rings. The van der Waals surface area contributed by atoms with Crippen LogP contribution in [-0.2, 0) is 4.79 Å². The second kappa shape index (κ2) is 9.44. The summed E-state index contributed by atoms with van der Waals surface area (Å²) in [5, 5.41) is 12.2. The van der Waals surface area contributed by atoms with Gasteiger partial charge in [0.25, 0.3) is 0 Å². The topological polar surface area (TPSA) is 81.9 Å². The molecule has 0 radical (unpaired) electrons. The van der Waals surface area contributed by atoms with Crippen LogP contribution in [0.15, 0.2) is 78.1 Å². The Hall–Kier alpha value is -3.65. The molecule has 0 saturated heterocycles. The number of aromatic nitrogens is 4. The van der Waals surface area contributed by atoms with Crippen LogP contribution >= 0.6 is 11.8 Å². The van der Waals surface area contributed by atoms with Crippen LogP contribution in [0.3, 0.4) is 0 Å². The van der Waals surface area contributed by atoms with Crippen molar-refractivity contribution in [1.29, 1.82) is 0 Å². The third-order valence-electron chi connectivity index (χ3n) is 4.49. The second-order valence-electron chi connectivity index (χ2n) is 6.73. The molecule has 2 aromatic heterocycles. The van der Waals surface area contributed by atoms with Crippen molar-refractivity contribution < 1.29 is 9.53 Å². The predicted molar refractivity (Wildman–Crippen MR) is 122 cm³/mol. The minimum Gasteiger partial charge on any atom is -0.495 e. The van der Waals surface area contributed by atoms with Crippen LogP contribution in [0, 0.1) is 6.92 Å². The average Bonchev–Trinajstić information content (AvgIpc) is 3.22. The van der Waals surface area contributed by atoms with Crippen molar-refractivity contribution in [3.05, 3.63) is 78.5 Å². The first-order chi connectivity index (χ1) is 15.2. The number of amides is 1. The maximum Gasteiger partial charge on any atom is 0.234 e. The van der Waals surface area contributed by atoms with Crippen LogP contribution in [-0.4, -0.2) is 38.5 Å². The van der Waals surface area contributed by atoms with Gasteiger partial charge in [0.1, 0.15) is 11.4 Å². The number of aryl methyl sites for hydroxylation is 1. The van der Waals surface area contributed by atoms with E-state index in [4.69, 9.17) is 4.74 Å². The summed E-state index contributed by atoms with van der Waals surface area (Å²) in [7, 11) is 1.62. The van der Waals surface area contributed by atoms with Crippen LogP contribution in [0.25, 0.3) is 17.2 Å². The van der Waals surface area contributed by atoms with Gasteiger partial charge in [0, 0.05) is 11.9 Å². The van der Waals surface area contributed by atoms with Crippen molar-refractivity contribution in [2.24, 2.45) is 0 Å². The molecule has 2 aromatic carbocycles. The molecule has 0 fully saturated rings. The van der Waals surface area contributed by atoms with Crippen molar-refractivity contribution in [3.8, 4) is 23.0 Å². The summed E-state index contributed by atoms with van der Waals surface area (Å²) in [5.74, 6) is 1.31. The summed E-state index contributed by atoms with van der Waals surface area (Å²) in [6.45, 7) is 1.99. The van der Waals surface area contributed by atoms with Crippen LogP contribution in [0.2, 0.25) is 0 Å². The van der Waals surface area contributed by atoms with E-state index in [1.165, 1.54) is 11.8 Å². The summed E-state index contributed by atoms with van der Waals surface area (Å²) < 4.78 is 7.41. The van der Waals surface area contributed by atoms with Gasteiger partial charge in [-0.05, 0) is 48.9 Å². The summed E-state index contributed by atoms with van der Waals surface area (Å²) in [6, 6.07) is 20.9. The van der Waals surface area contributed by atoms with Gasteiger partial charge in [-0.25, -0.2) is 0 Å². The number of carbonyl (C=O) groups excluding carboxylic acids is 1. The molecular formula is C23H21N5O2S. The predicted octanol–water partition coefficient (Wildman–Crippen LogP) is 4.38. The Bertz CT molecular complexity index is 1190. The number of benzene rings is 2. The van der Waals surface area contributed by atoms with E-state index in [-0.39, 0.29) is 11.7 Å². The zero-order chi connectivity index (χ0) is 21.6. The van der Waals surface area contributed by atoms with Crippen molar-refractivity contribution in [2.45, 2.75) is 12.1 Å². The Morgan fingerprint density at radius 3 is 2.68 bits per heavy atom. The van der Waals surface area contributed by atoms with Gasteiger partial charge in [0.05, 0.1) is 18.6 Å². The molecule has 2 heterocycles. The Morgan fingerprint density at radius 2 is 1.90 bits per heavy atom. The lowest BCUT2D eigenvalue weighted by Gasteiger charge is -2.13. The van der Waals surface area contributed by atoms with Crippen LogP contribution in [0.4, 0.5) is 5.69 Å². The minimum atomic E-state index is -0.121. The number of pyridine rings is 1. The van der Waals surface area contributed by atoms with Gasteiger partial charge < -0.3 is 10.1 Å². The third-order valence-corrected chi connectivity index (χ3v) is 5.42. The van der Waals surface area contributed by atoms with Crippen LogP contribution < -0.4 is 10.1 Å². The zero-order valence-electron chi connectivity index (χ0n) is 17.1. The molecule has 156 valence electrons. The molecule has 7 nitrogen and oxygen atoms in total. The number of hydrogen-bond donors (Lipinski definition) is 1. The van der Waals surface area contributed by atoms with E-state index in [0.717, 1.165) is 16.9 Å². The fourth-order valence-corrected chi connectivity index (χ4v) is 3.85. The van der Waals surface area contributed by atoms with Gasteiger partial charge in [-0.15, -0.1) is 10.2 Å². The van der Waals surface area contributed by atoms with Gasteiger partial charge in [-0.3, -0.25) is 14.3 Å². The molecule has 1 amide bonds. The summed E-state index contributed by atoms with van der Waals surface area (Å²) in [6.07, 6.45) is 1.71. The second-order valence-corrected chi connectivity index (χ2v) is 7.68. The van der Waals surface area contributed by atoms with E-state index in [2.05, 4.69) is 20.5 Å². The summed E-state index contributed by atoms with van der Waals surface area (Å²) in [4.78, 5) is 16.9. The van der Waals surface area contributed by atoms with Crippen molar-refractivity contribution in [3.63, 3.8) is 0 Å². The van der Waals surface area contributed by atoms with E-state index in [1.54, 1.807) is 13.3 Å². The largest absolute Gasteiger partial charge is 0.495 e. The standard InChI is InChI=1S/C23H21N5O2S/c1-16-8-7-9-17(14-16)25-21(29)15-31-23-27-26-22(18-10-5-6-13-24-18)28(23)19-11-3-4-12-20(19)30-2/h3-14H,15H2,1-2H3,(H,25,29). The number of para-hydroxylation sites is 2. The van der Waals surface area contributed by atoms with E-state index >= 15 is 0 Å². The molecule has 0 aliphatic heterocycles. The third kappa shape index (κ3) is 4.75. The zero-order valence-corrected chi connectivity index (χ0v) is 18.0.